The Bertz CT molecular complexity index is 204. The molecule has 0 radical (unpaired) electrons. The van der Waals surface area contributed by atoms with Gasteiger partial charge in [-0.25, -0.2) is 0 Å². The lowest BCUT2D eigenvalue weighted by molar-refractivity contribution is -0.136. The average molecular weight is 198 g/mol. The zero-order valence-electron chi connectivity index (χ0n) is 8.80. The van der Waals surface area contributed by atoms with Gasteiger partial charge in [-0.15, -0.1) is 0 Å². The van der Waals surface area contributed by atoms with Gasteiger partial charge in [-0.1, -0.05) is 12.8 Å². The molecule has 2 atom stereocenters. The largest absolute Gasteiger partial charge is 0.359 e. The lowest BCUT2D eigenvalue weighted by Gasteiger charge is -2.28. The van der Waals surface area contributed by atoms with Crippen LogP contribution in [0.15, 0.2) is 0 Å². The third-order valence-electron chi connectivity index (χ3n) is 2.93. The normalized spacial score (nSPS) is 26.7. The highest BCUT2D eigenvalue weighted by Gasteiger charge is 2.34. The number of amides is 2. The fourth-order valence-corrected chi connectivity index (χ4v) is 2.13. The molecular weight excluding hydrogens is 180 g/mol. The molecule has 0 aromatic rings. The first-order chi connectivity index (χ1) is 6.70. The number of carbonyl (C=O) groups is 2. The number of carbonyl (C=O) groups excluding carboxylic acids is 2. The van der Waals surface area contributed by atoms with Crippen molar-refractivity contribution in [3.05, 3.63) is 0 Å². The van der Waals surface area contributed by atoms with Gasteiger partial charge in [0, 0.05) is 25.9 Å². The van der Waals surface area contributed by atoms with Crippen molar-refractivity contribution in [1.82, 2.24) is 10.6 Å². The predicted molar refractivity (Wildman–Crippen MR) is 53.6 cm³/mol. The van der Waals surface area contributed by atoms with E-state index in [9.17, 15) is 9.59 Å². The van der Waals surface area contributed by atoms with Crippen molar-refractivity contribution in [2.24, 2.45) is 11.8 Å². The molecule has 0 heterocycles. The van der Waals surface area contributed by atoms with Crippen molar-refractivity contribution in [3.63, 3.8) is 0 Å². The van der Waals surface area contributed by atoms with Gasteiger partial charge >= 0.3 is 0 Å². The molecule has 0 saturated heterocycles. The molecule has 0 unspecified atom stereocenters. The first-order valence-corrected chi connectivity index (χ1v) is 5.14. The Morgan fingerprint density at radius 3 is 1.57 bits per heavy atom. The first-order valence-electron chi connectivity index (χ1n) is 5.14. The fourth-order valence-electron chi connectivity index (χ4n) is 2.13. The number of rotatable bonds is 2. The SMILES string of the molecule is CNC(=O)[C@@H]1CCCC[C@H]1C(=O)NC. The second kappa shape index (κ2) is 4.98. The summed E-state index contributed by atoms with van der Waals surface area (Å²) in [6.07, 6.45) is 3.76. The molecule has 1 saturated carbocycles. The lowest BCUT2D eigenvalue weighted by atomic mass is 9.78. The van der Waals surface area contributed by atoms with Gasteiger partial charge in [0.1, 0.15) is 0 Å². The van der Waals surface area contributed by atoms with E-state index >= 15 is 0 Å². The van der Waals surface area contributed by atoms with Crippen LogP contribution in [0, 0.1) is 11.8 Å². The molecule has 4 heteroatoms. The maximum atomic E-state index is 11.5. The summed E-state index contributed by atoms with van der Waals surface area (Å²) < 4.78 is 0. The third kappa shape index (κ3) is 2.25. The molecule has 0 aromatic carbocycles. The molecule has 1 aliphatic rings. The first kappa shape index (κ1) is 11.0. The van der Waals surface area contributed by atoms with E-state index in [0.29, 0.717) is 0 Å². The van der Waals surface area contributed by atoms with Crippen LogP contribution in [0.25, 0.3) is 0 Å². The van der Waals surface area contributed by atoms with E-state index in [4.69, 9.17) is 0 Å². The van der Waals surface area contributed by atoms with Gasteiger partial charge in [0.05, 0.1) is 0 Å². The summed E-state index contributed by atoms with van der Waals surface area (Å²) in [6, 6.07) is 0. The van der Waals surface area contributed by atoms with Crippen LogP contribution >= 0.6 is 0 Å². The second-order valence-electron chi connectivity index (χ2n) is 3.73. The van der Waals surface area contributed by atoms with Crippen LogP contribution in [0.4, 0.5) is 0 Å². The van der Waals surface area contributed by atoms with Crippen molar-refractivity contribution >= 4 is 11.8 Å². The van der Waals surface area contributed by atoms with Crippen molar-refractivity contribution in [3.8, 4) is 0 Å². The monoisotopic (exact) mass is 198 g/mol. The fraction of sp³-hybridized carbons (Fsp3) is 0.800. The van der Waals surface area contributed by atoms with E-state index in [1.54, 1.807) is 14.1 Å². The molecule has 4 nitrogen and oxygen atoms in total. The molecule has 2 amide bonds. The Morgan fingerprint density at radius 2 is 1.29 bits per heavy atom. The number of hydrogen-bond acceptors (Lipinski definition) is 2. The molecule has 14 heavy (non-hydrogen) atoms. The van der Waals surface area contributed by atoms with Crippen LogP contribution in [0.2, 0.25) is 0 Å². The maximum absolute atomic E-state index is 11.5. The minimum atomic E-state index is -0.131. The zero-order valence-corrected chi connectivity index (χ0v) is 8.80. The minimum absolute atomic E-state index is 0.00157. The Balaban J connectivity index is 2.68. The van der Waals surface area contributed by atoms with Crippen molar-refractivity contribution in [1.29, 1.82) is 0 Å². The number of nitrogens with one attached hydrogen (secondary N) is 2. The molecule has 2 N–H and O–H groups in total. The van der Waals surface area contributed by atoms with E-state index in [-0.39, 0.29) is 23.7 Å². The summed E-state index contributed by atoms with van der Waals surface area (Å²) in [4.78, 5) is 23.0. The van der Waals surface area contributed by atoms with E-state index in [2.05, 4.69) is 10.6 Å². The van der Waals surface area contributed by atoms with Gasteiger partial charge in [-0.3, -0.25) is 9.59 Å². The van der Waals surface area contributed by atoms with Gasteiger partial charge in [0.25, 0.3) is 0 Å². The highest BCUT2D eigenvalue weighted by atomic mass is 16.2. The highest BCUT2D eigenvalue weighted by Crippen LogP contribution is 2.30. The maximum Gasteiger partial charge on any atom is 0.223 e. The molecule has 0 spiro atoms. The van der Waals surface area contributed by atoms with Crippen molar-refractivity contribution < 1.29 is 9.59 Å². The quantitative estimate of drug-likeness (QED) is 0.670. The molecule has 1 aliphatic carbocycles. The summed E-state index contributed by atoms with van der Waals surface area (Å²) in [5.41, 5.74) is 0. The Hall–Kier alpha value is -1.06. The van der Waals surface area contributed by atoms with Crippen molar-refractivity contribution in [2.75, 3.05) is 14.1 Å². The van der Waals surface area contributed by atoms with Crippen LogP contribution in [-0.4, -0.2) is 25.9 Å². The second-order valence-corrected chi connectivity index (χ2v) is 3.73. The zero-order chi connectivity index (χ0) is 10.6. The summed E-state index contributed by atoms with van der Waals surface area (Å²) in [5.74, 6) is -0.265. The topological polar surface area (TPSA) is 58.2 Å². The molecule has 0 aliphatic heterocycles. The summed E-state index contributed by atoms with van der Waals surface area (Å²) in [7, 11) is 3.25. The van der Waals surface area contributed by atoms with Crippen LogP contribution in [0.5, 0.6) is 0 Å². The summed E-state index contributed by atoms with van der Waals surface area (Å²) in [5, 5.41) is 5.25. The van der Waals surface area contributed by atoms with E-state index < -0.39 is 0 Å². The summed E-state index contributed by atoms with van der Waals surface area (Å²) in [6.45, 7) is 0. The lowest BCUT2D eigenvalue weighted by Crippen LogP contribution is -2.41. The van der Waals surface area contributed by atoms with Crippen LogP contribution in [0.3, 0.4) is 0 Å². The molecule has 0 bridgehead atoms. The van der Waals surface area contributed by atoms with Gasteiger partial charge in [-0.2, -0.15) is 0 Å². The van der Waals surface area contributed by atoms with Gasteiger partial charge < -0.3 is 10.6 Å². The molecule has 80 valence electrons. The average Bonchev–Trinajstić information content (AvgIpc) is 2.27. The third-order valence-corrected chi connectivity index (χ3v) is 2.93. The van der Waals surface area contributed by atoms with Gasteiger partial charge in [0.15, 0.2) is 0 Å². The smallest absolute Gasteiger partial charge is 0.223 e. The van der Waals surface area contributed by atoms with Gasteiger partial charge in [-0.05, 0) is 12.8 Å². The van der Waals surface area contributed by atoms with Gasteiger partial charge in [0.2, 0.25) is 11.8 Å². The predicted octanol–water partition coefficient (Wildman–Crippen LogP) is 0.285. The van der Waals surface area contributed by atoms with E-state index in [0.717, 1.165) is 25.7 Å². The molecule has 0 aromatic heterocycles. The standard InChI is InChI=1S/C10H18N2O2/c1-11-9(13)7-5-3-4-6-8(7)10(14)12-2/h7-8H,3-6H2,1-2H3,(H,11,13)(H,12,14)/t7-,8-/m1/s1. The van der Waals surface area contributed by atoms with Crippen LogP contribution in [-0.2, 0) is 9.59 Å². The molecule has 1 rings (SSSR count). The minimum Gasteiger partial charge on any atom is -0.359 e. The van der Waals surface area contributed by atoms with Crippen molar-refractivity contribution in [2.45, 2.75) is 25.7 Å². The highest BCUT2D eigenvalue weighted by molar-refractivity contribution is 5.87. The number of hydrogen-bond donors (Lipinski definition) is 2. The van der Waals surface area contributed by atoms with Crippen LogP contribution < -0.4 is 10.6 Å². The summed E-state index contributed by atoms with van der Waals surface area (Å²) >= 11 is 0. The molecule has 1 fully saturated rings. The Labute approximate surface area is 84.4 Å². The van der Waals surface area contributed by atoms with E-state index in [1.807, 2.05) is 0 Å². The Morgan fingerprint density at radius 1 is 0.929 bits per heavy atom. The van der Waals surface area contributed by atoms with E-state index in [1.165, 1.54) is 0 Å². The Kier molecular flexibility index (Phi) is 3.92. The molecular formula is C10H18N2O2. The van der Waals surface area contributed by atoms with Crippen LogP contribution in [0.1, 0.15) is 25.7 Å².